The van der Waals surface area contributed by atoms with Crippen LogP contribution in [0.25, 0.3) is 0 Å². The molecule has 0 saturated heterocycles. The summed E-state index contributed by atoms with van der Waals surface area (Å²) in [6.45, 7) is 8.67. The van der Waals surface area contributed by atoms with Crippen molar-refractivity contribution in [2.45, 2.75) is 27.7 Å². The van der Waals surface area contributed by atoms with Gasteiger partial charge in [0.1, 0.15) is 0 Å². The third-order valence-corrected chi connectivity index (χ3v) is 2.33. The van der Waals surface area contributed by atoms with E-state index >= 15 is 0 Å². The molecule has 13 heavy (non-hydrogen) atoms. The molecule has 0 amide bonds. The largest absolute Gasteiger partial charge is 0.231 e. The van der Waals surface area contributed by atoms with Gasteiger partial charge in [0.05, 0.1) is 0 Å². The number of hydrogen-bond donors (Lipinski definition) is 1. The number of carbonyl (C=O) groups excluding carboxylic acids is 1. The molecule has 0 radical (unpaired) electrons. The Bertz CT molecular complexity index is 296. The molecule has 1 aromatic carbocycles. The van der Waals surface area contributed by atoms with Crippen molar-refractivity contribution < 1.29 is 4.79 Å². The first kappa shape index (κ1) is 11.6. The highest BCUT2D eigenvalue weighted by molar-refractivity contribution is 5.37. The minimum atomic E-state index is 0.750. The molecule has 0 spiro atoms. The van der Waals surface area contributed by atoms with Crippen LogP contribution >= 0.6 is 0 Å². The lowest BCUT2D eigenvalue weighted by atomic mass is 10.0. The SMILES string of the molecule is Cc1ccc(C)c(C)c1C.N=C=O. The highest BCUT2D eigenvalue weighted by atomic mass is 16.1. The first-order valence-corrected chi connectivity index (χ1v) is 4.11. The molecule has 0 aliphatic carbocycles. The fourth-order valence-corrected chi connectivity index (χ4v) is 1.09. The second-order valence-electron chi connectivity index (χ2n) is 3.05. The fourth-order valence-electron chi connectivity index (χ4n) is 1.09. The molecule has 0 bridgehead atoms. The van der Waals surface area contributed by atoms with Crippen LogP contribution in [0.5, 0.6) is 0 Å². The molecule has 0 aromatic heterocycles. The summed E-state index contributed by atoms with van der Waals surface area (Å²) in [5, 5.41) is 5.40. The Hall–Kier alpha value is -1.40. The lowest BCUT2D eigenvalue weighted by Crippen LogP contribution is -1.88. The van der Waals surface area contributed by atoms with Crippen molar-refractivity contribution in [3.63, 3.8) is 0 Å². The lowest BCUT2D eigenvalue weighted by Gasteiger charge is -2.06. The Morgan fingerprint density at radius 2 is 1.23 bits per heavy atom. The van der Waals surface area contributed by atoms with Crippen LogP contribution in [-0.2, 0) is 4.79 Å². The minimum Gasteiger partial charge on any atom is -0.222 e. The van der Waals surface area contributed by atoms with Crippen molar-refractivity contribution in [2.24, 2.45) is 0 Å². The van der Waals surface area contributed by atoms with Crippen molar-refractivity contribution in [3.05, 3.63) is 34.4 Å². The second-order valence-corrected chi connectivity index (χ2v) is 3.05. The van der Waals surface area contributed by atoms with Gasteiger partial charge < -0.3 is 0 Å². The second kappa shape index (κ2) is 5.28. The van der Waals surface area contributed by atoms with Gasteiger partial charge in [0, 0.05) is 0 Å². The van der Waals surface area contributed by atoms with E-state index in [1.54, 1.807) is 0 Å². The standard InChI is InChI=1S/C10H14.CHNO/c1-7-5-6-8(2)10(4)9(7)3;2-1-3/h5-6H,1-4H3;2H. The van der Waals surface area contributed by atoms with Gasteiger partial charge in [-0.25, -0.2) is 10.2 Å². The lowest BCUT2D eigenvalue weighted by molar-refractivity contribution is 0.563. The number of nitrogens with one attached hydrogen (secondary N) is 1. The molecule has 70 valence electrons. The van der Waals surface area contributed by atoms with Crippen LogP contribution in [0.2, 0.25) is 0 Å². The van der Waals surface area contributed by atoms with Gasteiger partial charge in [0.25, 0.3) is 0 Å². The van der Waals surface area contributed by atoms with Crippen LogP contribution in [-0.4, -0.2) is 6.08 Å². The van der Waals surface area contributed by atoms with E-state index in [4.69, 9.17) is 10.2 Å². The quantitative estimate of drug-likeness (QED) is 0.480. The Kier molecular flexibility index (Phi) is 4.71. The molecule has 0 unspecified atom stereocenters. The fraction of sp³-hybridized carbons (Fsp3) is 0.364. The van der Waals surface area contributed by atoms with E-state index in [0.717, 1.165) is 6.08 Å². The molecule has 0 saturated carbocycles. The zero-order valence-corrected chi connectivity index (χ0v) is 8.56. The predicted molar refractivity (Wildman–Crippen MR) is 53.8 cm³/mol. The van der Waals surface area contributed by atoms with Crippen LogP contribution in [0.3, 0.4) is 0 Å². The number of rotatable bonds is 0. The van der Waals surface area contributed by atoms with E-state index in [1.165, 1.54) is 22.3 Å². The van der Waals surface area contributed by atoms with Crippen LogP contribution in [0.1, 0.15) is 22.3 Å². The number of hydrogen-bond acceptors (Lipinski definition) is 2. The Labute approximate surface area is 79.1 Å². The predicted octanol–water partition coefficient (Wildman–Crippen LogP) is 2.82. The normalized spacial score (nSPS) is 8.31. The summed E-state index contributed by atoms with van der Waals surface area (Å²) >= 11 is 0. The molecule has 1 N–H and O–H groups in total. The monoisotopic (exact) mass is 177 g/mol. The summed E-state index contributed by atoms with van der Waals surface area (Å²) in [6, 6.07) is 4.36. The van der Waals surface area contributed by atoms with Gasteiger partial charge in [0.2, 0.25) is 6.08 Å². The maximum atomic E-state index is 8.35. The van der Waals surface area contributed by atoms with Crippen LogP contribution in [0, 0.1) is 33.1 Å². The zero-order valence-electron chi connectivity index (χ0n) is 8.56. The molecule has 1 rings (SSSR count). The van der Waals surface area contributed by atoms with E-state index in [1.807, 2.05) is 0 Å². The summed E-state index contributed by atoms with van der Waals surface area (Å²) < 4.78 is 0. The van der Waals surface area contributed by atoms with Gasteiger partial charge in [-0.1, -0.05) is 12.1 Å². The number of isocyanates is 1. The van der Waals surface area contributed by atoms with Crippen molar-refractivity contribution in [3.8, 4) is 0 Å². The smallest absolute Gasteiger partial charge is 0.222 e. The third kappa shape index (κ3) is 3.22. The summed E-state index contributed by atoms with van der Waals surface area (Å²) in [5.41, 5.74) is 5.64. The average Bonchev–Trinajstić information content (AvgIpc) is 2.10. The zero-order chi connectivity index (χ0) is 10.4. The molecule has 0 atom stereocenters. The molecule has 2 nitrogen and oxygen atoms in total. The topological polar surface area (TPSA) is 40.9 Å². The van der Waals surface area contributed by atoms with Gasteiger partial charge in [-0.05, 0) is 49.9 Å². The van der Waals surface area contributed by atoms with E-state index in [-0.39, 0.29) is 0 Å². The molecule has 2 heteroatoms. The highest BCUT2D eigenvalue weighted by Gasteiger charge is 1.97. The average molecular weight is 177 g/mol. The molecule has 1 aromatic rings. The van der Waals surface area contributed by atoms with Crippen molar-refractivity contribution in [2.75, 3.05) is 0 Å². The number of benzene rings is 1. The van der Waals surface area contributed by atoms with Gasteiger partial charge in [-0.3, -0.25) is 0 Å². The van der Waals surface area contributed by atoms with Crippen molar-refractivity contribution >= 4 is 6.08 Å². The number of aryl methyl sites for hydroxylation is 2. The Balaban J connectivity index is 0.000000424. The molecule has 0 aliphatic heterocycles. The molecular formula is C11H15NO. The van der Waals surface area contributed by atoms with Crippen LogP contribution in [0.15, 0.2) is 12.1 Å². The third-order valence-electron chi connectivity index (χ3n) is 2.33. The molecule has 0 fully saturated rings. The molecule has 0 aliphatic rings. The van der Waals surface area contributed by atoms with Crippen molar-refractivity contribution in [1.82, 2.24) is 0 Å². The Morgan fingerprint density at radius 3 is 1.46 bits per heavy atom. The Morgan fingerprint density at radius 1 is 1.00 bits per heavy atom. The summed E-state index contributed by atoms with van der Waals surface area (Å²) in [5.74, 6) is 0. The first-order chi connectivity index (χ1) is 6.04. The first-order valence-electron chi connectivity index (χ1n) is 4.11. The molecular weight excluding hydrogens is 162 g/mol. The van der Waals surface area contributed by atoms with E-state index in [0.29, 0.717) is 0 Å². The van der Waals surface area contributed by atoms with Gasteiger partial charge in [-0.15, -0.1) is 0 Å². The van der Waals surface area contributed by atoms with Gasteiger partial charge in [-0.2, -0.15) is 0 Å². The van der Waals surface area contributed by atoms with Gasteiger partial charge in [0.15, 0.2) is 0 Å². The summed E-state index contributed by atoms with van der Waals surface area (Å²) in [6.07, 6.45) is 0.750. The van der Waals surface area contributed by atoms with Crippen LogP contribution < -0.4 is 0 Å². The van der Waals surface area contributed by atoms with E-state index in [9.17, 15) is 0 Å². The summed E-state index contributed by atoms with van der Waals surface area (Å²) in [7, 11) is 0. The van der Waals surface area contributed by atoms with Crippen LogP contribution in [0.4, 0.5) is 0 Å². The highest BCUT2D eigenvalue weighted by Crippen LogP contribution is 2.15. The van der Waals surface area contributed by atoms with E-state index < -0.39 is 0 Å². The van der Waals surface area contributed by atoms with Crippen molar-refractivity contribution in [1.29, 1.82) is 5.41 Å². The van der Waals surface area contributed by atoms with Gasteiger partial charge >= 0.3 is 0 Å². The van der Waals surface area contributed by atoms with E-state index in [2.05, 4.69) is 39.8 Å². The maximum Gasteiger partial charge on any atom is 0.231 e. The summed E-state index contributed by atoms with van der Waals surface area (Å²) in [4.78, 5) is 8.35. The minimum absolute atomic E-state index is 0.750. The maximum absolute atomic E-state index is 8.35. The molecule has 0 heterocycles.